The van der Waals surface area contributed by atoms with E-state index in [0.29, 0.717) is 0 Å². The molecule has 0 aliphatic heterocycles. The zero-order valence-electron chi connectivity index (χ0n) is 7.99. The molecule has 0 spiro atoms. The van der Waals surface area contributed by atoms with Gasteiger partial charge >= 0.3 is 0 Å². The summed E-state index contributed by atoms with van der Waals surface area (Å²) in [5, 5.41) is 0. The average Bonchev–Trinajstić information content (AvgIpc) is 2.91. The number of hydrogen-bond donors (Lipinski definition) is 0. The van der Waals surface area contributed by atoms with Gasteiger partial charge in [0.2, 0.25) is 0 Å². The first kappa shape index (κ1) is 8.54. The number of hydrogen-bond acceptors (Lipinski definition) is 1. The first-order valence-corrected chi connectivity index (χ1v) is 4.93. The van der Waals surface area contributed by atoms with Gasteiger partial charge in [-0.3, -0.25) is 4.79 Å². The van der Waals surface area contributed by atoms with Crippen LogP contribution in [-0.4, -0.2) is 4.57 Å². The highest BCUT2D eigenvalue weighted by atomic mass is 16.1. The maximum Gasteiger partial charge on any atom is 0.253 e. The third-order valence-electron chi connectivity index (χ3n) is 2.69. The molecule has 2 heteroatoms. The van der Waals surface area contributed by atoms with E-state index in [2.05, 4.69) is 0 Å². The molecule has 1 saturated carbocycles. The second-order valence-electron chi connectivity index (χ2n) is 3.92. The molecule has 13 heavy (non-hydrogen) atoms. The summed E-state index contributed by atoms with van der Waals surface area (Å²) < 4.78 is 1.83. The number of nitrogens with zero attached hydrogens (tertiary/aromatic N) is 1. The molecule has 0 radical (unpaired) electrons. The van der Waals surface area contributed by atoms with Gasteiger partial charge in [0.15, 0.2) is 0 Å². The molecule has 1 aromatic rings. The van der Waals surface area contributed by atoms with Crippen molar-refractivity contribution in [2.24, 2.45) is 5.92 Å². The molecule has 0 aromatic carbocycles. The fraction of sp³-hybridized carbons (Fsp3) is 0.545. The van der Waals surface area contributed by atoms with Crippen molar-refractivity contribution in [1.29, 1.82) is 0 Å². The summed E-state index contributed by atoms with van der Waals surface area (Å²) in [6.45, 7) is 2.77. The Kier molecular flexibility index (Phi) is 2.21. The van der Waals surface area contributed by atoms with Crippen LogP contribution in [0.4, 0.5) is 0 Å². The van der Waals surface area contributed by atoms with Crippen molar-refractivity contribution in [3.8, 4) is 0 Å². The van der Waals surface area contributed by atoms with E-state index in [0.717, 1.165) is 18.0 Å². The van der Waals surface area contributed by atoms with Gasteiger partial charge in [-0.15, -0.1) is 0 Å². The van der Waals surface area contributed by atoms with Crippen molar-refractivity contribution in [1.82, 2.24) is 4.57 Å². The van der Waals surface area contributed by atoms with Gasteiger partial charge in [0.25, 0.3) is 5.56 Å². The Bertz CT molecular complexity index is 349. The molecule has 0 amide bonds. The summed E-state index contributed by atoms with van der Waals surface area (Å²) in [5.74, 6) is 0.896. The SMILES string of the molecule is Cc1cccn(CCC2CC2)c1=O. The zero-order valence-corrected chi connectivity index (χ0v) is 7.99. The summed E-state index contributed by atoms with van der Waals surface area (Å²) >= 11 is 0. The number of aryl methyl sites for hydroxylation is 2. The molecule has 0 unspecified atom stereocenters. The third kappa shape index (κ3) is 2.00. The fourth-order valence-corrected chi connectivity index (χ4v) is 1.56. The van der Waals surface area contributed by atoms with E-state index in [-0.39, 0.29) is 5.56 Å². The fourth-order valence-electron chi connectivity index (χ4n) is 1.56. The van der Waals surface area contributed by atoms with Crippen LogP contribution in [0, 0.1) is 12.8 Å². The van der Waals surface area contributed by atoms with Gasteiger partial charge in [0.05, 0.1) is 0 Å². The lowest BCUT2D eigenvalue weighted by molar-refractivity contribution is 0.579. The Balaban J connectivity index is 2.09. The molecule has 0 atom stereocenters. The molecular formula is C11H15NO. The van der Waals surface area contributed by atoms with Crippen LogP contribution in [0.5, 0.6) is 0 Å². The standard InChI is InChI=1S/C11H15NO/c1-9-3-2-7-12(11(9)13)8-6-10-4-5-10/h2-3,7,10H,4-6,8H2,1H3. The van der Waals surface area contributed by atoms with Crippen LogP contribution >= 0.6 is 0 Å². The summed E-state index contributed by atoms with van der Waals surface area (Å²) in [6.07, 6.45) is 5.78. The summed E-state index contributed by atoms with van der Waals surface area (Å²) in [7, 11) is 0. The van der Waals surface area contributed by atoms with Crippen molar-refractivity contribution in [3.63, 3.8) is 0 Å². The van der Waals surface area contributed by atoms with E-state index >= 15 is 0 Å². The van der Waals surface area contributed by atoms with E-state index in [9.17, 15) is 4.79 Å². The summed E-state index contributed by atoms with van der Waals surface area (Å²) in [6, 6.07) is 3.82. The maximum absolute atomic E-state index is 11.6. The first-order valence-electron chi connectivity index (χ1n) is 4.93. The molecule has 2 rings (SSSR count). The monoisotopic (exact) mass is 177 g/mol. The Morgan fingerprint density at radius 1 is 1.54 bits per heavy atom. The van der Waals surface area contributed by atoms with Crippen LogP contribution < -0.4 is 5.56 Å². The quantitative estimate of drug-likeness (QED) is 0.691. The normalized spacial score (nSPS) is 16.1. The molecule has 1 heterocycles. The third-order valence-corrected chi connectivity index (χ3v) is 2.69. The van der Waals surface area contributed by atoms with Crippen molar-refractivity contribution in [2.75, 3.05) is 0 Å². The van der Waals surface area contributed by atoms with Crippen molar-refractivity contribution < 1.29 is 0 Å². The van der Waals surface area contributed by atoms with Crippen LogP contribution in [0.15, 0.2) is 23.1 Å². The molecule has 2 nitrogen and oxygen atoms in total. The second-order valence-corrected chi connectivity index (χ2v) is 3.92. The highest BCUT2D eigenvalue weighted by Gasteiger charge is 2.20. The zero-order chi connectivity index (χ0) is 9.26. The van der Waals surface area contributed by atoms with E-state index in [1.54, 1.807) is 0 Å². The van der Waals surface area contributed by atoms with Gasteiger partial charge in [0.1, 0.15) is 0 Å². The maximum atomic E-state index is 11.6. The summed E-state index contributed by atoms with van der Waals surface area (Å²) in [5.41, 5.74) is 1.02. The smallest absolute Gasteiger partial charge is 0.253 e. The minimum absolute atomic E-state index is 0.170. The molecule has 0 N–H and O–H groups in total. The molecule has 0 saturated heterocycles. The van der Waals surface area contributed by atoms with Crippen LogP contribution in [0.1, 0.15) is 24.8 Å². The lowest BCUT2D eigenvalue weighted by Gasteiger charge is -2.04. The van der Waals surface area contributed by atoms with E-state index in [4.69, 9.17) is 0 Å². The van der Waals surface area contributed by atoms with E-state index < -0.39 is 0 Å². The molecule has 1 aromatic heterocycles. The number of pyridine rings is 1. The Morgan fingerprint density at radius 3 is 3.00 bits per heavy atom. The predicted molar refractivity (Wildman–Crippen MR) is 52.8 cm³/mol. The highest BCUT2D eigenvalue weighted by molar-refractivity contribution is 5.07. The van der Waals surface area contributed by atoms with Crippen molar-refractivity contribution in [3.05, 3.63) is 34.2 Å². The topological polar surface area (TPSA) is 22.0 Å². The van der Waals surface area contributed by atoms with Gasteiger partial charge < -0.3 is 4.57 Å². The highest BCUT2D eigenvalue weighted by Crippen LogP contribution is 2.32. The predicted octanol–water partition coefficient (Wildman–Crippen LogP) is 1.96. The molecular weight excluding hydrogens is 162 g/mol. The Hall–Kier alpha value is -1.05. The van der Waals surface area contributed by atoms with Crippen LogP contribution in [0.25, 0.3) is 0 Å². The Labute approximate surface area is 78.2 Å². The van der Waals surface area contributed by atoms with Crippen LogP contribution in [0.2, 0.25) is 0 Å². The van der Waals surface area contributed by atoms with E-state index in [1.807, 2.05) is 29.8 Å². The van der Waals surface area contributed by atoms with Gasteiger partial charge in [-0.05, 0) is 25.3 Å². The van der Waals surface area contributed by atoms with Gasteiger partial charge in [-0.1, -0.05) is 18.9 Å². The molecule has 0 bridgehead atoms. The lowest BCUT2D eigenvalue weighted by Crippen LogP contribution is -2.21. The average molecular weight is 177 g/mol. The largest absolute Gasteiger partial charge is 0.315 e. The first-order chi connectivity index (χ1) is 6.27. The molecule has 70 valence electrons. The van der Waals surface area contributed by atoms with E-state index in [1.165, 1.54) is 19.3 Å². The van der Waals surface area contributed by atoms with Gasteiger partial charge in [-0.2, -0.15) is 0 Å². The molecule has 1 fully saturated rings. The lowest BCUT2D eigenvalue weighted by atomic mass is 10.2. The molecule has 1 aliphatic carbocycles. The number of aromatic nitrogens is 1. The Morgan fingerprint density at radius 2 is 2.31 bits per heavy atom. The second kappa shape index (κ2) is 3.36. The van der Waals surface area contributed by atoms with Crippen LogP contribution in [-0.2, 0) is 6.54 Å². The molecule has 1 aliphatic rings. The van der Waals surface area contributed by atoms with Crippen molar-refractivity contribution >= 4 is 0 Å². The van der Waals surface area contributed by atoms with Gasteiger partial charge in [0, 0.05) is 18.3 Å². The van der Waals surface area contributed by atoms with Crippen molar-refractivity contribution in [2.45, 2.75) is 32.7 Å². The summed E-state index contributed by atoms with van der Waals surface area (Å²) in [4.78, 5) is 11.6. The number of rotatable bonds is 3. The minimum Gasteiger partial charge on any atom is -0.315 e. The van der Waals surface area contributed by atoms with Crippen LogP contribution in [0.3, 0.4) is 0 Å². The minimum atomic E-state index is 0.170. The van der Waals surface area contributed by atoms with Gasteiger partial charge in [-0.25, -0.2) is 0 Å².